The fourth-order valence-electron chi connectivity index (χ4n) is 0.546. The molecule has 0 radical (unpaired) electrons. The lowest BCUT2D eigenvalue weighted by Crippen LogP contribution is -2.19. The van der Waals surface area contributed by atoms with Crippen molar-refractivity contribution >= 4 is 7.95 Å². The Morgan fingerprint density at radius 2 is 2.09 bits per heavy atom. The lowest BCUT2D eigenvalue weighted by atomic mass is 10.4. The second kappa shape index (κ2) is 6.76. The minimum absolute atomic E-state index is 0.0567. The van der Waals surface area contributed by atoms with Gasteiger partial charge in [0.05, 0.1) is 19.3 Å². The SMILES string of the molecule is O=[PH](CC(O)CO)NCCO. The van der Waals surface area contributed by atoms with Crippen molar-refractivity contribution in [3.05, 3.63) is 0 Å². The Balaban J connectivity index is 3.36. The van der Waals surface area contributed by atoms with Crippen molar-refractivity contribution < 1.29 is 19.9 Å². The van der Waals surface area contributed by atoms with Crippen LogP contribution in [0.15, 0.2) is 0 Å². The summed E-state index contributed by atoms with van der Waals surface area (Å²) in [5.41, 5.74) is 0. The summed E-state index contributed by atoms with van der Waals surface area (Å²) < 4.78 is 10.9. The topological polar surface area (TPSA) is 89.8 Å². The predicted molar refractivity (Wildman–Crippen MR) is 42.0 cm³/mol. The van der Waals surface area contributed by atoms with Crippen LogP contribution in [0.3, 0.4) is 0 Å². The van der Waals surface area contributed by atoms with Crippen molar-refractivity contribution in [1.29, 1.82) is 0 Å². The summed E-state index contributed by atoms with van der Waals surface area (Å²) in [6.07, 6.45) is -0.867. The summed E-state index contributed by atoms with van der Waals surface area (Å²) in [7, 11) is -2.03. The minimum atomic E-state index is -2.03. The summed E-state index contributed by atoms with van der Waals surface area (Å²) in [5, 5.41) is 28.0. The second-order valence-electron chi connectivity index (χ2n) is 2.11. The largest absolute Gasteiger partial charge is 0.395 e. The zero-order chi connectivity index (χ0) is 8.69. The minimum Gasteiger partial charge on any atom is -0.395 e. The Kier molecular flexibility index (Phi) is 6.80. The second-order valence-corrected chi connectivity index (χ2v) is 3.72. The van der Waals surface area contributed by atoms with Crippen molar-refractivity contribution in [2.24, 2.45) is 0 Å². The fourth-order valence-corrected chi connectivity index (χ4v) is 1.64. The third kappa shape index (κ3) is 6.47. The van der Waals surface area contributed by atoms with Crippen LogP contribution in [0.2, 0.25) is 0 Å². The van der Waals surface area contributed by atoms with E-state index in [4.69, 9.17) is 15.3 Å². The Labute approximate surface area is 65.9 Å². The van der Waals surface area contributed by atoms with Crippen molar-refractivity contribution in [3.63, 3.8) is 0 Å². The Bertz CT molecular complexity index is 121. The summed E-state index contributed by atoms with van der Waals surface area (Å²) in [5.74, 6) is 0. The van der Waals surface area contributed by atoms with Gasteiger partial charge in [-0.2, -0.15) is 0 Å². The number of hydrogen-bond donors (Lipinski definition) is 4. The number of nitrogens with one attached hydrogen (secondary N) is 1. The van der Waals surface area contributed by atoms with Gasteiger partial charge in [0.25, 0.3) is 0 Å². The van der Waals surface area contributed by atoms with E-state index in [9.17, 15) is 4.57 Å². The molecule has 2 atom stereocenters. The molecule has 0 aliphatic heterocycles. The van der Waals surface area contributed by atoms with Crippen LogP contribution < -0.4 is 5.09 Å². The average molecular weight is 183 g/mol. The summed E-state index contributed by atoms with van der Waals surface area (Å²) >= 11 is 0. The Hall–Kier alpha value is 0.0700. The van der Waals surface area contributed by atoms with E-state index < -0.39 is 14.1 Å². The molecule has 0 heterocycles. The highest BCUT2D eigenvalue weighted by atomic mass is 31.1. The van der Waals surface area contributed by atoms with E-state index in [1.54, 1.807) is 0 Å². The Morgan fingerprint density at radius 1 is 1.45 bits per heavy atom. The molecule has 0 rings (SSSR count). The van der Waals surface area contributed by atoms with Crippen LogP contribution in [0.5, 0.6) is 0 Å². The molecule has 0 aromatic heterocycles. The first-order valence-electron chi connectivity index (χ1n) is 3.37. The number of aliphatic hydroxyl groups excluding tert-OH is 3. The van der Waals surface area contributed by atoms with Crippen LogP contribution in [0.4, 0.5) is 0 Å². The first-order valence-corrected chi connectivity index (χ1v) is 4.98. The van der Waals surface area contributed by atoms with Crippen molar-refractivity contribution in [1.82, 2.24) is 5.09 Å². The van der Waals surface area contributed by atoms with Gasteiger partial charge in [-0.05, 0) is 0 Å². The molecule has 6 heteroatoms. The summed E-state index contributed by atoms with van der Waals surface area (Å²) in [6.45, 7) is -0.196. The van der Waals surface area contributed by atoms with Crippen LogP contribution in [0.25, 0.3) is 0 Å². The third-order valence-corrected chi connectivity index (χ3v) is 2.55. The van der Waals surface area contributed by atoms with E-state index in [2.05, 4.69) is 5.09 Å². The van der Waals surface area contributed by atoms with Crippen LogP contribution in [-0.4, -0.2) is 47.3 Å². The van der Waals surface area contributed by atoms with Gasteiger partial charge in [0.2, 0.25) is 0 Å². The first-order chi connectivity index (χ1) is 5.20. The van der Waals surface area contributed by atoms with E-state index in [0.29, 0.717) is 0 Å². The smallest absolute Gasteiger partial charge is 0.138 e. The highest BCUT2D eigenvalue weighted by Gasteiger charge is 2.06. The van der Waals surface area contributed by atoms with E-state index in [-0.39, 0.29) is 25.9 Å². The molecule has 4 N–H and O–H groups in total. The van der Waals surface area contributed by atoms with Crippen LogP contribution in [0.1, 0.15) is 0 Å². The highest BCUT2D eigenvalue weighted by Crippen LogP contribution is 2.14. The zero-order valence-electron chi connectivity index (χ0n) is 6.16. The maximum absolute atomic E-state index is 10.9. The van der Waals surface area contributed by atoms with E-state index in [0.717, 1.165) is 0 Å². The van der Waals surface area contributed by atoms with Crippen LogP contribution in [0, 0.1) is 0 Å². The van der Waals surface area contributed by atoms with Gasteiger partial charge in [-0.25, -0.2) is 0 Å². The van der Waals surface area contributed by atoms with Gasteiger partial charge in [0.1, 0.15) is 7.95 Å². The molecule has 0 aliphatic carbocycles. The lowest BCUT2D eigenvalue weighted by Gasteiger charge is -2.06. The van der Waals surface area contributed by atoms with Crippen LogP contribution in [-0.2, 0) is 4.57 Å². The van der Waals surface area contributed by atoms with Gasteiger partial charge in [-0.15, -0.1) is 0 Å². The van der Waals surface area contributed by atoms with Gasteiger partial charge < -0.3 is 19.9 Å². The molecule has 5 nitrogen and oxygen atoms in total. The lowest BCUT2D eigenvalue weighted by molar-refractivity contribution is 0.112. The molecule has 0 aromatic carbocycles. The predicted octanol–water partition coefficient (Wildman–Crippen LogP) is -1.60. The molecular weight excluding hydrogens is 169 g/mol. The molecule has 0 amide bonds. The first kappa shape index (κ1) is 11.1. The molecule has 0 saturated carbocycles. The number of rotatable bonds is 6. The van der Waals surface area contributed by atoms with Crippen LogP contribution >= 0.6 is 7.95 Å². The Morgan fingerprint density at radius 3 is 2.55 bits per heavy atom. The molecule has 68 valence electrons. The average Bonchev–Trinajstić information content (AvgIpc) is 2.00. The van der Waals surface area contributed by atoms with Gasteiger partial charge in [-0.1, -0.05) is 0 Å². The maximum atomic E-state index is 10.9. The van der Waals surface area contributed by atoms with Crippen molar-refractivity contribution in [2.75, 3.05) is 25.9 Å². The molecule has 0 saturated heterocycles. The molecule has 0 fully saturated rings. The molecule has 2 unspecified atom stereocenters. The molecule has 11 heavy (non-hydrogen) atoms. The van der Waals surface area contributed by atoms with Crippen molar-refractivity contribution in [2.45, 2.75) is 6.10 Å². The van der Waals surface area contributed by atoms with Crippen molar-refractivity contribution in [3.8, 4) is 0 Å². The summed E-state index contributed by atoms with van der Waals surface area (Å²) in [4.78, 5) is 0. The molecule has 0 spiro atoms. The van der Waals surface area contributed by atoms with E-state index >= 15 is 0 Å². The van der Waals surface area contributed by atoms with Gasteiger partial charge in [0, 0.05) is 12.7 Å². The fraction of sp³-hybridized carbons (Fsp3) is 1.00. The highest BCUT2D eigenvalue weighted by molar-refractivity contribution is 7.42. The van der Waals surface area contributed by atoms with Gasteiger partial charge >= 0.3 is 0 Å². The van der Waals surface area contributed by atoms with Gasteiger partial charge in [-0.3, -0.25) is 5.09 Å². The van der Waals surface area contributed by atoms with E-state index in [1.165, 1.54) is 0 Å². The van der Waals surface area contributed by atoms with Gasteiger partial charge in [0.15, 0.2) is 0 Å². The molecule has 0 aliphatic rings. The monoisotopic (exact) mass is 183 g/mol. The zero-order valence-corrected chi connectivity index (χ0v) is 7.16. The number of hydrogen-bond acceptors (Lipinski definition) is 4. The number of aliphatic hydroxyl groups is 3. The van der Waals surface area contributed by atoms with E-state index in [1.807, 2.05) is 0 Å². The standard InChI is InChI=1S/C5H14NO4P/c7-2-1-6-11(10)4-5(9)3-8/h5,7-9,11H,1-4H2,(H,6,10). The normalized spacial score (nSPS) is 16.3. The molecular formula is C5H14NO4P. The molecule has 0 bridgehead atoms. The quantitative estimate of drug-likeness (QED) is 0.372. The maximum Gasteiger partial charge on any atom is 0.138 e. The summed E-state index contributed by atoms with van der Waals surface area (Å²) in [6, 6.07) is 0. The molecule has 0 aromatic rings. The third-order valence-electron chi connectivity index (χ3n) is 1.07.